The number of carbonyl (C=O) groups is 1. The number of piperidine rings is 1. The fourth-order valence-electron chi connectivity index (χ4n) is 3.65. The lowest BCUT2D eigenvalue weighted by Gasteiger charge is -2.33. The maximum atomic E-state index is 11.7. The zero-order chi connectivity index (χ0) is 19.2. The Morgan fingerprint density at radius 2 is 2.07 bits per heavy atom. The van der Waals surface area contributed by atoms with Crippen LogP contribution >= 0.6 is 0 Å². The first kappa shape index (κ1) is 19.2. The number of carbonyl (C=O) groups excluding carboxylic acids is 1. The van der Waals surface area contributed by atoms with Gasteiger partial charge in [0.15, 0.2) is 5.96 Å². The first-order valence-corrected chi connectivity index (χ1v) is 9.67. The molecule has 2 heterocycles. The highest BCUT2D eigenvalue weighted by molar-refractivity contribution is 5.80. The molecular formula is C20H29N5O2. The van der Waals surface area contributed by atoms with E-state index in [1.54, 1.807) is 0 Å². The van der Waals surface area contributed by atoms with Crippen LogP contribution in [0.25, 0.3) is 11.0 Å². The topological polar surface area (TPSA) is 71.8 Å². The maximum Gasteiger partial charge on any atom is 0.308 e. The van der Waals surface area contributed by atoms with Gasteiger partial charge in [-0.2, -0.15) is 0 Å². The monoisotopic (exact) mass is 371 g/mol. The van der Waals surface area contributed by atoms with E-state index < -0.39 is 0 Å². The summed E-state index contributed by atoms with van der Waals surface area (Å²) in [5.41, 5.74) is 2.17. The van der Waals surface area contributed by atoms with E-state index in [0.717, 1.165) is 61.8 Å². The van der Waals surface area contributed by atoms with Crippen molar-refractivity contribution in [1.29, 1.82) is 0 Å². The highest BCUT2D eigenvalue weighted by atomic mass is 16.5. The van der Waals surface area contributed by atoms with Gasteiger partial charge in [0.25, 0.3) is 0 Å². The molecule has 1 N–H and O–H groups in total. The lowest BCUT2D eigenvalue weighted by Crippen LogP contribution is -2.46. The fourth-order valence-corrected chi connectivity index (χ4v) is 3.65. The van der Waals surface area contributed by atoms with Crippen LogP contribution in [0, 0.1) is 12.8 Å². The maximum absolute atomic E-state index is 11.7. The summed E-state index contributed by atoms with van der Waals surface area (Å²) >= 11 is 0. The number of aryl methyl sites for hydroxylation is 1. The number of nitrogens with one attached hydrogen (secondary N) is 1. The molecule has 1 saturated heterocycles. The quantitative estimate of drug-likeness (QED) is 0.496. The molecule has 1 aromatic heterocycles. The van der Waals surface area contributed by atoms with Crippen molar-refractivity contribution in [2.45, 2.75) is 33.2 Å². The van der Waals surface area contributed by atoms with Crippen molar-refractivity contribution in [2.75, 3.05) is 33.3 Å². The van der Waals surface area contributed by atoms with E-state index in [1.807, 2.05) is 25.1 Å². The number of methoxy groups -OCH3 is 1. The van der Waals surface area contributed by atoms with Gasteiger partial charge in [-0.1, -0.05) is 12.1 Å². The van der Waals surface area contributed by atoms with Crippen LogP contribution in [0.1, 0.15) is 25.6 Å². The second kappa shape index (κ2) is 8.88. The third kappa shape index (κ3) is 4.40. The molecule has 2 aromatic rings. The average molecular weight is 371 g/mol. The molecule has 146 valence electrons. The van der Waals surface area contributed by atoms with Crippen molar-refractivity contribution in [3.63, 3.8) is 0 Å². The van der Waals surface area contributed by atoms with Gasteiger partial charge >= 0.3 is 5.97 Å². The summed E-state index contributed by atoms with van der Waals surface area (Å²) in [5.74, 6) is 1.84. The van der Waals surface area contributed by atoms with E-state index in [0.29, 0.717) is 6.54 Å². The van der Waals surface area contributed by atoms with Crippen molar-refractivity contribution in [1.82, 2.24) is 19.8 Å². The van der Waals surface area contributed by atoms with Gasteiger partial charge in [0.1, 0.15) is 5.82 Å². The van der Waals surface area contributed by atoms with Gasteiger partial charge in [0.05, 0.1) is 30.6 Å². The summed E-state index contributed by atoms with van der Waals surface area (Å²) in [5, 5.41) is 3.38. The number of guanidine groups is 1. The number of para-hydroxylation sites is 2. The molecule has 7 nitrogen and oxygen atoms in total. The summed E-state index contributed by atoms with van der Waals surface area (Å²) < 4.78 is 7.09. The Bertz CT molecular complexity index is 806. The number of esters is 1. The zero-order valence-electron chi connectivity index (χ0n) is 16.4. The third-order valence-electron chi connectivity index (χ3n) is 5.09. The number of benzene rings is 1. The number of aliphatic imine (C=N–C) groups is 1. The van der Waals surface area contributed by atoms with Crippen LogP contribution in [0.3, 0.4) is 0 Å². The van der Waals surface area contributed by atoms with E-state index in [1.165, 1.54) is 7.11 Å². The minimum atomic E-state index is -0.0981. The molecule has 0 unspecified atom stereocenters. The number of hydrogen-bond acceptors (Lipinski definition) is 4. The van der Waals surface area contributed by atoms with Gasteiger partial charge < -0.3 is 19.5 Å². The second-order valence-electron chi connectivity index (χ2n) is 6.82. The predicted octanol–water partition coefficient (Wildman–Crippen LogP) is 2.20. The van der Waals surface area contributed by atoms with Crippen LogP contribution in [0.5, 0.6) is 0 Å². The Morgan fingerprint density at radius 1 is 1.33 bits per heavy atom. The first-order valence-electron chi connectivity index (χ1n) is 9.67. The number of imidazole rings is 1. The Morgan fingerprint density at radius 3 is 2.78 bits per heavy atom. The average Bonchev–Trinajstić information content (AvgIpc) is 3.02. The van der Waals surface area contributed by atoms with Crippen LogP contribution in [0.15, 0.2) is 29.3 Å². The number of likely N-dealkylation sites (tertiary alicyclic amines) is 1. The molecule has 0 saturated carbocycles. The molecular weight excluding hydrogens is 342 g/mol. The molecule has 3 rings (SSSR count). The Hall–Kier alpha value is -2.57. The van der Waals surface area contributed by atoms with Crippen molar-refractivity contribution in [3.8, 4) is 0 Å². The van der Waals surface area contributed by atoms with Crippen molar-refractivity contribution in [3.05, 3.63) is 30.1 Å². The summed E-state index contributed by atoms with van der Waals surface area (Å²) in [7, 11) is 1.46. The third-order valence-corrected chi connectivity index (χ3v) is 5.09. The Balaban J connectivity index is 1.64. The number of rotatable bonds is 5. The van der Waals surface area contributed by atoms with Gasteiger partial charge in [-0.05, 0) is 38.8 Å². The molecule has 0 radical (unpaired) electrons. The molecule has 1 aliphatic rings. The van der Waals surface area contributed by atoms with Crippen LogP contribution in [-0.4, -0.2) is 59.7 Å². The molecule has 0 aliphatic carbocycles. The van der Waals surface area contributed by atoms with Gasteiger partial charge in [0, 0.05) is 26.2 Å². The van der Waals surface area contributed by atoms with E-state index in [9.17, 15) is 4.79 Å². The summed E-state index contributed by atoms with van der Waals surface area (Å²) in [4.78, 5) is 23.4. The van der Waals surface area contributed by atoms with E-state index in [2.05, 4.69) is 32.8 Å². The smallest absolute Gasteiger partial charge is 0.308 e. The lowest BCUT2D eigenvalue weighted by atomic mass is 9.97. The Labute approximate surface area is 160 Å². The van der Waals surface area contributed by atoms with E-state index >= 15 is 0 Å². The molecule has 0 bridgehead atoms. The van der Waals surface area contributed by atoms with Gasteiger partial charge in [-0.15, -0.1) is 0 Å². The number of fused-ring (bicyclic) bond motifs is 1. The van der Waals surface area contributed by atoms with Gasteiger partial charge in [-0.3, -0.25) is 9.79 Å². The van der Waals surface area contributed by atoms with Crippen LogP contribution < -0.4 is 5.32 Å². The van der Waals surface area contributed by atoms with Crippen molar-refractivity contribution >= 4 is 23.0 Å². The zero-order valence-corrected chi connectivity index (χ0v) is 16.4. The first-order chi connectivity index (χ1) is 13.1. The van der Waals surface area contributed by atoms with Crippen molar-refractivity contribution in [2.24, 2.45) is 10.9 Å². The summed E-state index contributed by atoms with van der Waals surface area (Å²) in [6.45, 7) is 8.04. The SMILES string of the molecule is CCNC(=NCCn1c(C)nc2ccccc21)N1CCC(C(=O)OC)CC1. The molecule has 0 spiro atoms. The minimum absolute atomic E-state index is 0.00842. The minimum Gasteiger partial charge on any atom is -0.469 e. The number of ether oxygens (including phenoxy) is 1. The highest BCUT2D eigenvalue weighted by Crippen LogP contribution is 2.19. The van der Waals surface area contributed by atoms with Gasteiger partial charge in [-0.25, -0.2) is 4.98 Å². The van der Waals surface area contributed by atoms with Crippen LogP contribution in [-0.2, 0) is 16.1 Å². The normalized spacial score (nSPS) is 16.0. The largest absolute Gasteiger partial charge is 0.469 e. The number of nitrogens with zero attached hydrogens (tertiary/aromatic N) is 4. The standard InChI is InChI=1S/C20H29N5O2/c1-4-21-20(24-12-9-16(10-13-24)19(26)27-3)22-11-14-25-15(2)23-17-7-5-6-8-18(17)25/h5-8,16H,4,9-14H2,1-3H3,(H,21,22). The molecule has 0 amide bonds. The highest BCUT2D eigenvalue weighted by Gasteiger charge is 2.26. The van der Waals surface area contributed by atoms with Gasteiger partial charge in [0.2, 0.25) is 0 Å². The molecule has 1 aromatic carbocycles. The summed E-state index contributed by atoms with van der Waals surface area (Å²) in [6, 6.07) is 8.19. The lowest BCUT2D eigenvalue weighted by molar-refractivity contribution is -0.146. The molecule has 1 fully saturated rings. The predicted molar refractivity (Wildman–Crippen MR) is 107 cm³/mol. The van der Waals surface area contributed by atoms with E-state index in [4.69, 9.17) is 9.73 Å². The second-order valence-corrected chi connectivity index (χ2v) is 6.82. The molecule has 27 heavy (non-hydrogen) atoms. The number of hydrogen-bond donors (Lipinski definition) is 1. The summed E-state index contributed by atoms with van der Waals surface area (Å²) in [6.07, 6.45) is 1.62. The Kier molecular flexibility index (Phi) is 6.32. The molecule has 1 aliphatic heterocycles. The molecule has 0 atom stereocenters. The fraction of sp³-hybridized carbons (Fsp3) is 0.550. The van der Waals surface area contributed by atoms with E-state index in [-0.39, 0.29) is 11.9 Å². The van der Waals surface area contributed by atoms with Crippen molar-refractivity contribution < 1.29 is 9.53 Å². The number of aromatic nitrogens is 2. The van der Waals surface area contributed by atoms with Crippen LogP contribution in [0.4, 0.5) is 0 Å². The molecule has 7 heteroatoms. The van der Waals surface area contributed by atoms with Crippen LogP contribution in [0.2, 0.25) is 0 Å².